The summed E-state index contributed by atoms with van der Waals surface area (Å²) >= 11 is 1.53. The zero-order valence-electron chi connectivity index (χ0n) is 10.7. The van der Waals surface area contributed by atoms with E-state index in [2.05, 4.69) is 5.32 Å². The van der Waals surface area contributed by atoms with Crippen molar-refractivity contribution in [3.8, 4) is 10.4 Å². The van der Waals surface area contributed by atoms with Crippen LogP contribution < -0.4 is 5.32 Å². The number of nitrogens with one attached hydrogen (secondary N) is 1. The molecule has 1 N–H and O–H groups in total. The molecule has 5 heteroatoms. The lowest BCUT2D eigenvalue weighted by atomic mass is 10.1. The van der Waals surface area contributed by atoms with Crippen LogP contribution in [0, 0.1) is 5.82 Å². The molecule has 0 fully saturated rings. The fourth-order valence-corrected chi connectivity index (χ4v) is 2.93. The molecule has 2 nitrogen and oxygen atoms in total. The molecule has 2 aromatic rings. The van der Waals surface area contributed by atoms with E-state index >= 15 is 0 Å². The zero-order valence-corrected chi connectivity index (χ0v) is 12.3. The van der Waals surface area contributed by atoms with Crippen molar-refractivity contribution in [1.29, 1.82) is 0 Å². The van der Waals surface area contributed by atoms with Gasteiger partial charge in [-0.1, -0.05) is 12.1 Å². The van der Waals surface area contributed by atoms with E-state index in [4.69, 9.17) is 0 Å². The molecule has 0 saturated carbocycles. The van der Waals surface area contributed by atoms with Crippen molar-refractivity contribution in [1.82, 2.24) is 5.32 Å². The topological polar surface area (TPSA) is 29.1 Å². The predicted octanol–water partition coefficient (Wildman–Crippen LogP) is 3.02. The van der Waals surface area contributed by atoms with Crippen molar-refractivity contribution < 1.29 is 8.60 Å². The van der Waals surface area contributed by atoms with Crippen molar-refractivity contribution in [2.45, 2.75) is 6.54 Å². The van der Waals surface area contributed by atoms with Crippen LogP contribution in [0.25, 0.3) is 10.4 Å². The normalized spacial score (nSPS) is 12.5. The third-order valence-electron chi connectivity index (χ3n) is 2.71. The molecule has 0 amide bonds. The quantitative estimate of drug-likeness (QED) is 0.830. The Hall–Kier alpha value is -1.04. The maximum atomic E-state index is 13.8. The smallest absolute Gasteiger partial charge is 0.131 e. The molecule has 0 bridgehead atoms. The minimum absolute atomic E-state index is 0.194. The Morgan fingerprint density at radius 2 is 2.21 bits per heavy atom. The first-order valence-electron chi connectivity index (χ1n) is 6.00. The molecule has 1 aromatic carbocycles. The van der Waals surface area contributed by atoms with Crippen molar-refractivity contribution in [2.75, 3.05) is 18.6 Å². The fourth-order valence-electron chi connectivity index (χ4n) is 1.75. The number of halogens is 1. The van der Waals surface area contributed by atoms with Crippen LogP contribution in [0.1, 0.15) is 5.56 Å². The van der Waals surface area contributed by atoms with Crippen molar-refractivity contribution >= 4 is 22.1 Å². The molecule has 0 aliphatic rings. The van der Waals surface area contributed by atoms with Crippen LogP contribution in [0.2, 0.25) is 0 Å². The van der Waals surface area contributed by atoms with Crippen LogP contribution in [-0.2, 0) is 17.3 Å². The number of benzene rings is 1. The van der Waals surface area contributed by atoms with Crippen LogP contribution in [0.3, 0.4) is 0 Å². The Morgan fingerprint density at radius 3 is 2.89 bits per heavy atom. The van der Waals surface area contributed by atoms with Gasteiger partial charge in [-0.05, 0) is 29.1 Å². The van der Waals surface area contributed by atoms with Gasteiger partial charge in [0.2, 0.25) is 0 Å². The van der Waals surface area contributed by atoms with E-state index < -0.39 is 10.8 Å². The second-order valence-corrected chi connectivity index (χ2v) is 6.75. The first-order chi connectivity index (χ1) is 9.16. The van der Waals surface area contributed by atoms with Gasteiger partial charge >= 0.3 is 0 Å². The first kappa shape index (κ1) is 14.4. The SMILES string of the molecule is CS(=O)CCNCc1ccc(F)c(-c2cccs2)c1. The van der Waals surface area contributed by atoms with E-state index in [1.165, 1.54) is 17.4 Å². The highest BCUT2D eigenvalue weighted by Gasteiger charge is 2.07. The van der Waals surface area contributed by atoms with Crippen LogP contribution in [0.15, 0.2) is 35.7 Å². The van der Waals surface area contributed by atoms with Gasteiger partial charge in [-0.15, -0.1) is 11.3 Å². The largest absolute Gasteiger partial charge is 0.312 e. The molecule has 0 aliphatic heterocycles. The van der Waals surface area contributed by atoms with Crippen LogP contribution in [-0.4, -0.2) is 22.8 Å². The van der Waals surface area contributed by atoms with Crippen LogP contribution >= 0.6 is 11.3 Å². The monoisotopic (exact) mass is 297 g/mol. The molecule has 2 rings (SSSR count). The Labute approximate surface area is 119 Å². The molecule has 0 aliphatic carbocycles. The van der Waals surface area contributed by atoms with Gasteiger partial charge in [0.15, 0.2) is 0 Å². The van der Waals surface area contributed by atoms with E-state index in [0.717, 1.165) is 10.4 Å². The molecular weight excluding hydrogens is 281 g/mol. The van der Waals surface area contributed by atoms with E-state index in [1.807, 2.05) is 23.6 Å². The summed E-state index contributed by atoms with van der Waals surface area (Å²) in [5, 5.41) is 5.15. The number of hydrogen-bond acceptors (Lipinski definition) is 3. The zero-order chi connectivity index (χ0) is 13.7. The van der Waals surface area contributed by atoms with Gasteiger partial charge in [0, 0.05) is 46.3 Å². The molecule has 19 heavy (non-hydrogen) atoms. The first-order valence-corrected chi connectivity index (χ1v) is 8.60. The number of thiophene rings is 1. The average Bonchev–Trinajstić information content (AvgIpc) is 2.90. The Morgan fingerprint density at radius 1 is 1.37 bits per heavy atom. The molecule has 102 valence electrons. The molecular formula is C14H16FNOS2. The number of rotatable bonds is 6. The summed E-state index contributed by atoms with van der Waals surface area (Å²) in [6.07, 6.45) is 1.69. The van der Waals surface area contributed by atoms with Crippen LogP contribution in [0.5, 0.6) is 0 Å². The van der Waals surface area contributed by atoms with Crippen molar-refractivity contribution in [2.24, 2.45) is 0 Å². The molecule has 0 radical (unpaired) electrons. The van der Waals surface area contributed by atoms with Gasteiger partial charge in [-0.3, -0.25) is 4.21 Å². The van der Waals surface area contributed by atoms with Gasteiger partial charge < -0.3 is 5.32 Å². The van der Waals surface area contributed by atoms with Gasteiger partial charge in [-0.25, -0.2) is 4.39 Å². The van der Waals surface area contributed by atoms with Gasteiger partial charge in [-0.2, -0.15) is 0 Å². The summed E-state index contributed by atoms with van der Waals surface area (Å²) < 4.78 is 24.7. The maximum absolute atomic E-state index is 13.8. The summed E-state index contributed by atoms with van der Waals surface area (Å²) in [4.78, 5) is 0.939. The van der Waals surface area contributed by atoms with Gasteiger partial charge in [0.25, 0.3) is 0 Å². The minimum atomic E-state index is -0.777. The Balaban J connectivity index is 2.03. The molecule has 0 spiro atoms. The lowest BCUT2D eigenvalue weighted by Crippen LogP contribution is -2.19. The molecule has 1 unspecified atom stereocenters. The fraction of sp³-hybridized carbons (Fsp3) is 0.286. The Bertz CT molecular complexity index is 555. The predicted molar refractivity (Wildman–Crippen MR) is 80.4 cm³/mol. The van der Waals surface area contributed by atoms with Crippen molar-refractivity contribution in [3.63, 3.8) is 0 Å². The summed E-state index contributed by atoms with van der Waals surface area (Å²) in [5.74, 6) is 0.444. The lowest BCUT2D eigenvalue weighted by Gasteiger charge is -2.07. The summed E-state index contributed by atoms with van der Waals surface area (Å²) in [6.45, 7) is 1.37. The van der Waals surface area contributed by atoms with E-state index in [9.17, 15) is 8.60 Å². The molecule has 1 atom stereocenters. The highest BCUT2D eigenvalue weighted by Crippen LogP contribution is 2.28. The average molecular weight is 297 g/mol. The molecule has 0 saturated heterocycles. The van der Waals surface area contributed by atoms with Gasteiger partial charge in [0.1, 0.15) is 5.82 Å². The van der Waals surface area contributed by atoms with E-state index in [0.29, 0.717) is 24.4 Å². The van der Waals surface area contributed by atoms with E-state index in [1.54, 1.807) is 12.3 Å². The molecule has 1 heterocycles. The number of hydrogen-bond donors (Lipinski definition) is 1. The third-order valence-corrected chi connectivity index (χ3v) is 4.40. The summed E-state index contributed by atoms with van der Waals surface area (Å²) in [7, 11) is -0.777. The standard InChI is InChI=1S/C14H16FNOS2/c1-19(17)8-6-16-10-11-4-5-13(15)12(9-11)14-3-2-7-18-14/h2-5,7,9,16H,6,8,10H2,1H3. The Kier molecular flexibility index (Phi) is 5.24. The second kappa shape index (κ2) is 6.93. The summed E-state index contributed by atoms with van der Waals surface area (Å²) in [5.41, 5.74) is 1.68. The highest BCUT2D eigenvalue weighted by atomic mass is 32.2. The summed E-state index contributed by atoms with van der Waals surface area (Å²) in [6, 6.07) is 8.99. The highest BCUT2D eigenvalue weighted by molar-refractivity contribution is 7.84. The lowest BCUT2D eigenvalue weighted by molar-refractivity contribution is 0.629. The maximum Gasteiger partial charge on any atom is 0.131 e. The van der Waals surface area contributed by atoms with Crippen LogP contribution in [0.4, 0.5) is 4.39 Å². The molecule has 1 aromatic heterocycles. The second-order valence-electron chi connectivity index (χ2n) is 4.25. The minimum Gasteiger partial charge on any atom is -0.312 e. The van der Waals surface area contributed by atoms with Gasteiger partial charge in [0.05, 0.1) is 0 Å². The third kappa shape index (κ3) is 4.23. The van der Waals surface area contributed by atoms with E-state index in [-0.39, 0.29) is 5.82 Å². The van der Waals surface area contributed by atoms with Crippen molar-refractivity contribution in [3.05, 3.63) is 47.1 Å².